The van der Waals surface area contributed by atoms with Gasteiger partial charge in [-0.2, -0.15) is 0 Å². The first-order valence-corrected chi connectivity index (χ1v) is 8.12. The van der Waals surface area contributed by atoms with Crippen LogP contribution in [0.15, 0.2) is 0 Å². The minimum atomic E-state index is -0.844. The molecule has 2 unspecified atom stereocenters. The van der Waals surface area contributed by atoms with E-state index in [1.54, 1.807) is 4.90 Å². The quantitative estimate of drug-likeness (QED) is 0.861. The van der Waals surface area contributed by atoms with Crippen LogP contribution in [0.1, 0.15) is 64.7 Å². The van der Waals surface area contributed by atoms with E-state index in [0.29, 0.717) is 18.9 Å². The highest BCUT2D eigenvalue weighted by molar-refractivity contribution is 5.84. The third kappa shape index (κ3) is 3.74. The molecule has 4 nitrogen and oxygen atoms in total. The number of carboxylic acids is 1. The number of nitrogens with zero attached hydrogens (tertiary/aromatic N) is 1. The summed E-state index contributed by atoms with van der Waals surface area (Å²) in [6, 6.07) is -0.609. The third-order valence-electron chi connectivity index (χ3n) is 5.00. The lowest BCUT2D eigenvalue weighted by atomic mass is 9.85. The van der Waals surface area contributed by atoms with E-state index >= 15 is 0 Å². The topological polar surface area (TPSA) is 57.6 Å². The van der Waals surface area contributed by atoms with E-state index in [2.05, 4.69) is 0 Å². The van der Waals surface area contributed by atoms with Crippen molar-refractivity contribution in [2.24, 2.45) is 11.8 Å². The number of amides is 1. The van der Waals surface area contributed by atoms with E-state index in [1.807, 2.05) is 6.92 Å². The molecule has 0 bridgehead atoms. The lowest BCUT2D eigenvalue weighted by Gasteiger charge is -2.37. The van der Waals surface area contributed by atoms with Gasteiger partial charge in [-0.15, -0.1) is 0 Å². The summed E-state index contributed by atoms with van der Waals surface area (Å²) >= 11 is 0. The average Bonchev–Trinajstić information content (AvgIpc) is 2.45. The molecule has 0 aromatic rings. The third-order valence-corrected chi connectivity index (χ3v) is 5.00. The van der Waals surface area contributed by atoms with Gasteiger partial charge in [0.2, 0.25) is 5.91 Å². The van der Waals surface area contributed by atoms with E-state index in [1.165, 1.54) is 32.1 Å². The second kappa shape index (κ2) is 7.09. The van der Waals surface area contributed by atoms with Gasteiger partial charge in [-0.25, -0.2) is 4.79 Å². The average molecular weight is 281 g/mol. The number of likely N-dealkylation sites (tertiary alicyclic amines) is 1. The molecular formula is C16H27NO3. The second-order valence-corrected chi connectivity index (χ2v) is 6.53. The predicted molar refractivity (Wildman–Crippen MR) is 77.3 cm³/mol. The monoisotopic (exact) mass is 281 g/mol. The van der Waals surface area contributed by atoms with Gasteiger partial charge in [-0.05, 0) is 31.1 Å². The summed E-state index contributed by atoms with van der Waals surface area (Å²) in [7, 11) is 0. The van der Waals surface area contributed by atoms with E-state index < -0.39 is 12.0 Å². The van der Waals surface area contributed by atoms with Crippen LogP contribution in [-0.4, -0.2) is 34.5 Å². The Kier molecular flexibility index (Phi) is 5.44. The van der Waals surface area contributed by atoms with Gasteiger partial charge in [0.25, 0.3) is 0 Å². The maximum absolute atomic E-state index is 12.4. The highest BCUT2D eigenvalue weighted by atomic mass is 16.4. The van der Waals surface area contributed by atoms with Crippen molar-refractivity contribution in [3.63, 3.8) is 0 Å². The summed E-state index contributed by atoms with van der Waals surface area (Å²) in [6.45, 7) is 2.56. The molecule has 4 heteroatoms. The van der Waals surface area contributed by atoms with Crippen molar-refractivity contribution in [1.82, 2.24) is 4.90 Å². The number of piperidine rings is 1. The molecule has 0 aromatic carbocycles. The van der Waals surface area contributed by atoms with E-state index in [4.69, 9.17) is 0 Å². The fraction of sp³-hybridized carbons (Fsp3) is 0.875. The van der Waals surface area contributed by atoms with Gasteiger partial charge >= 0.3 is 5.97 Å². The smallest absolute Gasteiger partial charge is 0.326 e. The molecular weight excluding hydrogens is 254 g/mol. The molecule has 0 spiro atoms. The molecule has 2 aliphatic rings. The van der Waals surface area contributed by atoms with Crippen LogP contribution in [0.25, 0.3) is 0 Å². The predicted octanol–water partition coefficient (Wildman–Crippen LogP) is 3.06. The lowest BCUT2D eigenvalue weighted by molar-refractivity contribution is -0.154. The van der Waals surface area contributed by atoms with Crippen LogP contribution in [0.5, 0.6) is 0 Å². The second-order valence-electron chi connectivity index (χ2n) is 6.53. The molecule has 1 saturated carbocycles. The molecule has 1 heterocycles. The maximum Gasteiger partial charge on any atom is 0.326 e. The number of carboxylic acid groups (broad SMARTS) is 1. The largest absolute Gasteiger partial charge is 0.480 e. The summed E-state index contributed by atoms with van der Waals surface area (Å²) in [5.41, 5.74) is 0. The summed E-state index contributed by atoms with van der Waals surface area (Å²) in [5, 5.41) is 9.35. The zero-order valence-electron chi connectivity index (χ0n) is 12.5. The van der Waals surface area contributed by atoms with Crippen LogP contribution < -0.4 is 0 Å². The SMILES string of the molecule is CC1CCCN(C(=O)CCC2CCCCC2)C1C(=O)O. The van der Waals surface area contributed by atoms with Gasteiger partial charge < -0.3 is 10.0 Å². The van der Waals surface area contributed by atoms with Crippen LogP contribution in [0.4, 0.5) is 0 Å². The zero-order valence-corrected chi connectivity index (χ0v) is 12.5. The molecule has 1 N–H and O–H groups in total. The number of carbonyl (C=O) groups excluding carboxylic acids is 1. The van der Waals surface area contributed by atoms with Gasteiger partial charge in [0, 0.05) is 13.0 Å². The number of carbonyl (C=O) groups is 2. The Balaban J connectivity index is 1.87. The van der Waals surface area contributed by atoms with Crippen molar-refractivity contribution >= 4 is 11.9 Å². The van der Waals surface area contributed by atoms with Crippen molar-refractivity contribution < 1.29 is 14.7 Å². The molecule has 114 valence electrons. The van der Waals surface area contributed by atoms with Gasteiger partial charge in [0.05, 0.1) is 0 Å². The standard InChI is InChI=1S/C16H27NO3/c1-12-6-5-11-17(15(12)16(19)20)14(18)10-9-13-7-3-2-4-8-13/h12-13,15H,2-11H2,1H3,(H,19,20). The first-order chi connectivity index (χ1) is 9.59. The molecule has 2 fully saturated rings. The maximum atomic E-state index is 12.4. The molecule has 1 aliphatic heterocycles. The van der Waals surface area contributed by atoms with E-state index in [-0.39, 0.29) is 11.8 Å². The van der Waals surface area contributed by atoms with Crippen LogP contribution in [0, 0.1) is 11.8 Å². The molecule has 1 aliphatic carbocycles. The molecule has 0 radical (unpaired) electrons. The molecule has 2 rings (SSSR count). The molecule has 1 amide bonds. The molecule has 20 heavy (non-hydrogen) atoms. The van der Waals surface area contributed by atoms with Crippen LogP contribution >= 0.6 is 0 Å². The van der Waals surface area contributed by atoms with Gasteiger partial charge in [0.1, 0.15) is 6.04 Å². The Morgan fingerprint density at radius 2 is 1.80 bits per heavy atom. The highest BCUT2D eigenvalue weighted by Gasteiger charge is 2.36. The first-order valence-electron chi connectivity index (χ1n) is 8.12. The highest BCUT2D eigenvalue weighted by Crippen LogP contribution is 2.29. The molecule has 2 atom stereocenters. The Morgan fingerprint density at radius 3 is 2.45 bits per heavy atom. The van der Waals surface area contributed by atoms with Crippen molar-refractivity contribution in [2.45, 2.75) is 70.8 Å². The number of aliphatic carboxylic acids is 1. The van der Waals surface area contributed by atoms with Crippen molar-refractivity contribution in [3.05, 3.63) is 0 Å². The van der Waals surface area contributed by atoms with Gasteiger partial charge in [0.15, 0.2) is 0 Å². The molecule has 1 saturated heterocycles. The van der Waals surface area contributed by atoms with Gasteiger partial charge in [-0.1, -0.05) is 39.0 Å². The minimum Gasteiger partial charge on any atom is -0.480 e. The molecule has 0 aromatic heterocycles. The minimum absolute atomic E-state index is 0.0505. The Morgan fingerprint density at radius 1 is 1.10 bits per heavy atom. The Bertz CT molecular complexity index is 350. The summed E-state index contributed by atoms with van der Waals surface area (Å²) in [6.07, 6.45) is 9.70. The number of rotatable bonds is 4. The van der Waals surface area contributed by atoms with Crippen molar-refractivity contribution in [3.8, 4) is 0 Å². The van der Waals surface area contributed by atoms with Gasteiger partial charge in [-0.3, -0.25) is 4.79 Å². The normalized spacial score (nSPS) is 28.4. The van der Waals surface area contributed by atoms with Crippen molar-refractivity contribution in [2.75, 3.05) is 6.54 Å². The zero-order chi connectivity index (χ0) is 14.5. The van der Waals surface area contributed by atoms with E-state index in [0.717, 1.165) is 19.3 Å². The van der Waals surface area contributed by atoms with Crippen molar-refractivity contribution in [1.29, 1.82) is 0 Å². The number of hydrogen-bond acceptors (Lipinski definition) is 2. The first kappa shape index (κ1) is 15.3. The summed E-state index contributed by atoms with van der Waals surface area (Å²) in [4.78, 5) is 25.4. The number of hydrogen-bond donors (Lipinski definition) is 1. The summed E-state index contributed by atoms with van der Waals surface area (Å²) < 4.78 is 0. The Hall–Kier alpha value is -1.06. The van der Waals surface area contributed by atoms with Crippen LogP contribution in [-0.2, 0) is 9.59 Å². The van der Waals surface area contributed by atoms with E-state index in [9.17, 15) is 14.7 Å². The summed E-state index contributed by atoms with van der Waals surface area (Å²) in [5.74, 6) is -0.0455. The van der Waals surface area contributed by atoms with Crippen LogP contribution in [0.2, 0.25) is 0 Å². The Labute approximate surface area is 121 Å². The lowest BCUT2D eigenvalue weighted by Crippen LogP contribution is -2.51. The fourth-order valence-electron chi connectivity index (χ4n) is 3.79. The van der Waals surface area contributed by atoms with Crippen LogP contribution in [0.3, 0.4) is 0 Å². The fourth-order valence-corrected chi connectivity index (χ4v) is 3.79.